The topological polar surface area (TPSA) is 113 Å². The Balaban J connectivity index is 2.71. The zero-order valence-electron chi connectivity index (χ0n) is 9.90. The minimum atomic E-state index is -1.19. The largest absolute Gasteiger partial charge is 0.480 e. The van der Waals surface area contributed by atoms with Crippen LogP contribution in [0.1, 0.15) is 26.7 Å². The zero-order chi connectivity index (χ0) is 13.2. The quantitative estimate of drug-likeness (QED) is 0.620. The Morgan fingerprint density at radius 1 is 1.41 bits per heavy atom. The highest BCUT2D eigenvalue weighted by Crippen LogP contribution is 2.18. The Kier molecular flexibility index (Phi) is 3.59. The Bertz CT molecular complexity index is 353. The molecule has 0 radical (unpaired) electrons. The summed E-state index contributed by atoms with van der Waals surface area (Å²) < 4.78 is 0. The second-order valence-electron chi connectivity index (χ2n) is 4.61. The van der Waals surface area contributed by atoms with Gasteiger partial charge in [-0.05, 0) is 26.7 Å². The van der Waals surface area contributed by atoms with Crippen molar-refractivity contribution in [2.45, 2.75) is 38.3 Å². The molecule has 1 aliphatic heterocycles. The van der Waals surface area contributed by atoms with Gasteiger partial charge in [0, 0.05) is 6.54 Å². The van der Waals surface area contributed by atoms with Crippen LogP contribution in [0.2, 0.25) is 0 Å². The van der Waals surface area contributed by atoms with Crippen LogP contribution in [0, 0.1) is 0 Å². The lowest BCUT2D eigenvalue weighted by Crippen LogP contribution is -2.58. The number of likely N-dealkylation sites (tertiary alicyclic amines) is 1. The molecular formula is C10H17N3O4. The van der Waals surface area contributed by atoms with Crippen LogP contribution in [0.3, 0.4) is 0 Å². The van der Waals surface area contributed by atoms with Gasteiger partial charge in [0.25, 0.3) is 0 Å². The number of hydrogen-bond donors (Lipinski definition) is 3. The van der Waals surface area contributed by atoms with Gasteiger partial charge in [0.15, 0.2) is 0 Å². The lowest BCUT2D eigenvalue weighted by atomic mass is 10.1. The molecule has 1 fully saturated rings. The van der Waals surface area contributed by atoms with E-state index in [1.165, 1.54) is 18.7 Å². The molecule has 1 aliphatic rings. The Labute approximate surface area is 98.9 Å². The molecule has 1 heterocycles. The second-order valence-corrected chi connectivity index (χ2v) is 4.61. The van der Waals surface area contributed by atoms with Crippen molar-refractivity contribution in [1.82, 2.24) is 10.2 Å². The molecule has 3 amide bonds. The maximum absolute atomic E-state index is 11.8. The zero-order valence-corrected chi connectivity index (χ0v) is 9.90. The first kappa shape index (κ1) is 13.3. The third-order valence-corrected chi connectivity index (χ3v) is 2.83. The molecule has 1 atom stereocenters. The van der Waals surface area contributed by atoms with E-state index in [-0.39, 0.29) is 0 Å². The van der Waals surface area contributed by atoms with Gasteiger partial charge >= 0.3 is 12.0 Å². The third-order valence-electron chi connectivity index (χ3n) is 2.83. The number of carbonyl (C=O) groups excluding carboxylic acids is 2. The number of rotatable bonds is 3. The van der Waals surface area contributed by atoms with E-state index in [4.69, 9.17) is 10.8 Å². The van der Waals surface area contributed by atoms with Gasteiger partial charge in [-0.2, -0.15) is 0 Å². The van der Waals surface area contributed by atoms with E-state index >= 15 is 0 Å². The molecule has 1 rings (SSSR count). The standard InChI is InChI=1S/C10H17N3O4/c1-10(2,8(11)16)12-9(17)13-5-3-4-6(13)7(14)15/h6H,3-5H2,1-2H3,(H2,11,16)(H,12,17)(H,14,15). The molecule has 17 heavy (non-hydrogen) atoms. The van der Waals surface area contributed by atoms with E-state index < -0.39 is 29.5 Å². The van der Waals surface area contributed by atoms with E-state index in [0.29, 0.717) is 19.4 Å². The number of carboxylic acids is 1. The van der Waals surface area contributed by atoms with E-state index in [2.05, 4.69) is 5.32 Å². The van der Waals surface area contributed by atoms with E-state index in [1.807, 2.05) is 0 Å². The third kappa shape index (κ3) is 2.86. The SMILES string of the molecule is CC(C)(NC(=O)N1CCCC1C(=O)O)C(N)=O. The van der Waals surface area contributed by atoms with Crippen LogP contribution in [0.4, 0.5) is 4.79 Å². The number of nitrogens with two attached hydrogens (primary N) is 1. The van der Waals surface area contributed by atoms with Crippen LogP contribution in [-0.4, -0.2) is 46.0 Å². The summed E-state index contributed by atoms with van der Waals surface area (Å²) in [6.07, 6.45) is 1.07. The van der Waals surface area contributed by atoms with Gasteiger partial charge in [-0.15, -0.1) is 0 Å². The molecule has 0 spiro atoms. The predicted molar refractivity (Wildman–Crippen MR) is 59.2 cm³/mol. The Morgan fingerprint density at radius 2 is 2.00 bits per heavy atom. The lowest BCUT2D eigenvalue weighted by Gasteiger charge is -2.28. The molecule has 1 saturated heterocycles. The van der Waals surface area contributed by atoms with Crippen LogP contribution in [0.5, 0.6) is 0 Å². The summed E-state index contributed by atoms with van der Waals surface area (Å²) in [6, 6.07) is -1.39. The molecule has 0 aromatic carbocycles. The van der Waals surface area contributed by atoms with Crippen molar-refractivity contribution >= 4 is 17.9 Å². The van der Waals surface area contributed by atoms with Crippen molar-refractivity contribution in [3.63, 3.8) is 0 Å². The summed E-state index contributed by atoms with van der Waals surface area (Å²) in [6.45, 7) is 3.32. The molecule has 0 saturated carbocycles. The number of hydrogen-bond acceptors (Lipinski definition) is 3. The van der Waals surface area contributed by atoms with Crippen molar-refractivity contribution in [2.24, 2.45) is 5.73 Å². The molecule has 0 aliphatic carbocycles. The van der Waals surface area contributed by atoms with Crippen molar-refractivity contribution in [1.29, 1.82) is 0 Å². The molecule has 96 valence electrons. The van der Waals surface area contributed by atoms with Gasteiger partial charge in [0.05, 0.1) is 0 Å². The molecule has 7 nitrogen and oxygen atoms in total. The highest BCUT2D eigenvalue weighted by molar-refractivity contribution is 5.90. The van der Waals surface area contributed by atoms with Crippen molar-refractivity contribution < 1.29 is 19.5 Å². The number of nitrogens with zero attached hydrogens (tertiary/aromatic N) is 1. The maximum atomic E-state index is 11.8. The molecule has 0 bridgehead atoms. The molecule has 1 unspecified atom stereocenters. The fourth-order valence-electron chi connectivity index (χ4n) is 1.67. The predicted octanol–water partition coefficient (Wildman–Crippen LogP) is -0.491. The van der Waals surface area contributed by atoms with Crippen LogP contribution in [-0.2, 0) is 9.59 Å². The first-order valence-corrected chi connectivity index (χ1v) is 5.37. The lowest BCUT2D eigenvalue weighted by molar-refractivity contribution is -0.141. The van der Waals surface area contributed by atoms with Crippen LogP contribution in [0.15, 0.2) is 0 Å². The molecule has 7 heteroatoms. The van der Waals surface area contributed by atoms with Gasteiger partial charge in [-0.1, -0.05) is 0 Å². The van der Waals surface area contributed by atoms with Gasteiger partial charge in [-0.25, -0.2) is 9.59 Å². The van der Waals surface area contributed by atoms with E-state index in [1.54, 1.807) is 0 Å². The van der Waals surface area contributed by atoms with Gasteiger partial charge in [0.2, 0.25) is 5.91 Å². The van der Waals surface area contributed by atoms with Crippen LogP contribution in [0.25, 0.3) is 0 Å². The highest BCUT2D eigenvalue weighted by atomic mass is 16.4. The number of urea groups is 1. The fourth-order valence-corrected chi connectivity index (χ4v) is 1.67. The normalized spacial score (nSPS) is 20.1. The summed E-state index contributed by atoms with van der Waals surface area (Å²) in [7, 11) is 0. The van der Waals surface area contributed by atoms with Crippen molar-refractivity contribution in [3.8, 4) is 0 Å². The second kappa shape index (κ2) is 4.60. The summed E-state index contributed by atoms with van der Waals surface area (Å²) in [5, 5.41) is 11.4. The van der Waals surface area contributed by atoms with Crippen LogP contribution < -0.4 is 11.1 Å². The smallest absolute Gasteiger partial charge is 0.326 e. The van der Waals surface area contributed by atoms with Crippen molar-refractivity contribution in [2.75, 3.05) is 6.54 Å². The molecular weight excluding hydrogens is 226 g/mol. The Hall–Kier alpha value is -1.79. The Morgan fingerprint density at radius 3 is 2.47 bits per heavy atom. The minimum absolute atomic E-state index is 0.373. The number of nitrogens with one attached hydrogen (secondary N) is 1. The average molecular weight is 243 g/mol. The number of amides is 3. The first-order chi connectivity index (χ1) is 7.75. The van der Waals surface area contributed by atoms with Crippen LogP contribution >= 0.6 is 0 Å². The number of primary amides is 1. The number of carboxylic acid groups (broad SMARTS) is 1. The maximum Gasteiger partial charge on any atom is 0.326 e. The summed E-state index contributed by atoms with van der Waals surface area (Å²) in [4.78, 5) is 35.0. The van der Waals surface area contributed by atoms with E-state index in [0.717, 1.165) is 0 Å². The summed E-state index contributed by atoms with van der Waals surface area (Å²) in [5.74, 6) is -1.70. The summed E-state index contributed by atoms with van der Waals surface area (Å²) in [5.41, 5.74) is 3.93. The highest BCUT2D eigenvalue weighted by Gasteiger charge is 2.37. The molecule has 0 aromatic heterocycles. The molecule has 0 aromatic rings. The van der Waals surface area contributed by atoms with Gasteiger partial charge in [-0.3, -0.25) is 4.79 Å². The summed E-state index contributed by atoms with van der Waals surface area (Å²) >= 11 is 0. The fraction of sp³-hybridized carbons (Fsp3) is 0.700. The van der Waals surface area contributed by atoms with E-state index in [9.17, 15) is 14.4 Å². The van der Waals surface area contributed by atoms with Crippen molar-refractivity contribution in [3.05, 3.63) is 0 Å². The average Bonchev–Trinajstić information content (AvgIpc) is 2.64. The number of carbonyl (C=O) groups is 3. The first-order valence-electron chi connectivity index (χ1n) is 5.37. The van der Waals surface area contributed by atoms with Gasteiger partial charge in [0.1, 0.15) is 11.6 Å². The monoisotopic (exact) mass is 243 g/mol. The van der Waals surface area contributed by atoms with Gasteiger partial charge < -0.3 is 21.1 Å². The molecule has 4 N–H and O–H groups in total. The minimum Gasteiger partial charge on any atom is -0.480 e. The number of aliphatic carboxylic acids is 1.